The van der Waals surface area contributed by atoms with Crippen molar-refractivity contribution in [1.82, 2.24) is 20.1 Å². The van der Waals surface area contributed by atoms with E-state index in [1.54, 1.807) is 18.3 Å². The SMILES string of the molecule is CS(=O)(=O)c1ccc(Nc2nn(C3(CC#N)CCN(c4ccc(I)cn4)CC3)c3c2C(O)NC=C3)cc1. The van der Waals surface area contributed by atoms with Crippen LogP contribution in [0.15, 0.2) is 53.7 Å². The largest absolute Gasteiger partial charge is 0.369 e. The van der Waals surface area contributed by atoms with Crippen LogP contribution in [-0.2, 0) is 15.4 Å². The van der Waals surface area contributed by atoms with Gasteiger partial charge in [-0.2, -0.15) is 10.4 Å². The Labute approximate surface area is 229 Å². The Bertz CT molecular complexity index is 1470. The zero-order valence-electron chi connectivity index (χ0n) is 20.1. The first-order valence-corrected chi connectivity index (χ1v) is 14.7. The van der Waals surface area contributed by atoms with E-state index in [0.29, 0.717) is 43.0 Å². The molecule has 1 saturated heterocycles. The third-order valence-corrected chi connectivity index (χ3v) is 8.63. The standard InChI is InChI=1S/C25H26IN7O3S/c1-37(35,36)19-5-3-18(4-6-19)30-23-22-20(8-13-28-24(22)34)33(31-23)25(9-12-27)10-14-32(15-11-25)21-7-2-17(26)16-29-21/h2-8,13,16,24,28,34H,9-11,14-15H2,1H3,(H,30,31). The number of halogens is 1. The number of anilines is 3. The minimum atomic E-state index is -3.31. The third-order valence-electron chi connectivity index (χ3n) is 6.86. The molecule has 37 heavy (non-hydrogen) atoms. The summed E-state index contributed by atoms with van der Waals surface area (Å²) >= 11 is 2.23. The Hall–Kier alpha value is -3.15. The number of nitrogens with one attached hydrogen (secondary N) is 2. The van der Waals surface area contributed by atoms with Crippen molar-refractivity contribution in [2.75, 3.05) is 29.6 Å². The quantitative estimate of drug-likeness (QED) is 0.350. The summed E-state index contributed by atoms with van der Waals surface area (Å²) in [5.74, 6) is 1.36. The second-order valence-electron chi connectivity index (χ2n) is 9.26. The van der Waals surface area contributed by atoms with Crippen LogP contribution in [0.5, 0.6) is 0 Å². The molecule has 0 spiro atoms. The Morgan fingerprint density at radius 2 is 1.97 bits per heavy atom. The van der Waals surface area contributed by atoms with E-state index in [1.807, 2.05) is 29.1 Å². The average molecular weight is 632 g/mol. The van der Waals surface area contributed by atoms with Crippen molar-refractivity contribution in [2.24, 2.45) is 0 Å². The topological polar surface area (TPSA) is 136 Å². The van der Waals surface area contributed by atoms with Crippen molar-refractivity contribution >= 4 is 55.8 Å². The molecule has 3 aromatic rings. The van der Waals surface area contributed by atoms with Crippen LogP contribution < -0.4 is 15.5 Å². The zero-order chi connectivity index (χ0) is 26.2. The van der Waals surface area contributed by atoms with Crippen molar-refractivity contribution < 1.29 is 13.5 Å². The molecule has 12 heteroatoms. The highest BCUT2D eigenvalue weighted by atomic mass is 127. The summed E-state index contributed by atoms with van der Waals surface area (Å²) in [6.07, 6.45) is 7.20. The highest BCUT2D eigenvalue weighted by Gasteiger charge is 2.41. The van der Waals surface area contributed by atoms with Gasteiger partial charge in [0.25, 0.3) is 0 Å². The molecule has 4 heterocycles. The number of fused-ring (bicyclic) bond motifs is 1. The monoisotopic (exact) mass is 631 g/mol. The van der Waals surface area contributed by atoms with Crippen LogP contribution in [0.25, 0.3) is 6.08 Å². The first-order valence-electron chi connectivity index (χ1n) is 11.7. The van der Waals surface area contributed by atoms with Crippen molar-refractivity contribution in [3.8, 4) is 6.07 Å². The molecule has 1 fully saturated rings. The van der Waals surface area contributed by atoms with Crippen molar-refractivity contribution in [2.45, 2.75) is 35.9 Å². The smallest absolute Gasteiger partial charge is 0.175 e. The van der Waals surface area contributed by atoms with Gasteiger partial charge in [-0.3, -0.25) is 4.68 Å². The first kappa shape index (κ1) is 25.5. The van der Waals surface area contributed by atoms with Crippen LogP contribution >= 0.6 is 22.6 Å². The first-order chi connectivity index (χ1) is 17.7. The summed E-state index contributed by atoms with van der Waals surface area (Å²) in [6, 6.07) is 12.8. The molecule has 10 nitrogen and oxygen atoms in total. The predicted octanol–water partition coefficient (Wildman–Crippen LogP) is 3.50. The third kappa shape index (κ3) is 5.03. The van der Waals surface area contributed by atoms with Gasteiger partial charge in [0.15, 0.2) is 21.9 Å². The molecule has 1 aromatic carbocycles. The summed E-state index contributed by atoms with van der Waals surface area (Å²) in [7, 11) is -3.31. The molecular weight excluding hydrogens is 605 g/mol. The maximum atomic E-state index is 11.8. The maximum absolute atomic E-state index is 11.8. The molecule has 0 aliphatic carbocycles. The number of sulfone groups is 1. The summed E-state index contributed by atoms with van der Waals surface area (Å²) in [4.78, 5) is 6.99. The normalized spacial score (nSPS) is 18.5. The van der Waals surface area contributed by atoms with E-state index in [4.69, 9.17) is 5.10 Å². The molecule has 1 atom stereocenters. The fourth-order valence-electron chi connectivity index (χ4n) is 4.87. The second kappa shape index (κ2) is 9.96. The van der Waals surface area contributed by atoms with Gasteiger partial charge in [0.05, 0.1) is 34.2 Å². The molecule has 0 radical (unpaired) electrons. The summed E-state index contributed by atoms with van der Waals surface area (Å²) in [5, 5.41) is 31.6. The van der Waals surface area contributed by atoms with Gasteiger partial charge in [-0.1, -0.05) is 0 Å². The lowest BCUT2D eigenvalue weighted by Gasteiger charge is -2.42. The van der Waals surface area contributed by atoms with Crippen LogP contribution in [0.4, 0.5) is 17.3 Å². The molecule has 2 aliphatic rings. The molecule has 2 aromatic heterocycles. The van der Waals surface area contributed by atoms with Crippen molar-refractivity contribution in [1.29, 1.82) is 5.26 Å². The highest BCUT2D eigenvalue weighted by molar-refractivity contribution is 14.1. The predicted molar refractivity (Wildman–Crippen MR) is 149 cm³/mol. The fourth-order valence-corrected chi connectivity index (χ4v) is 5.82. The molecule has 3 N–H and O–H groups in total. The summed E-state index contributed by atoms with van der Waals surface area (Å²) in [5.41, 5.74) is 1.39. The molecule has 5 rings (SSSR count). The van der Waals surface area contributed by atoms with Crippen LogP contribution in [0.2, 0.25) is 0 Å². The van der Waals surface area contributed by atoms with Gasteiger partial charge in [0.1, 0.15) is 5.82 Å². The van der Waals surface area contributed by atoms with E-state index in [2.05, 4.69) is 49.2 Å². The van der Waals surface area contributed by atoms with E-state index in [9.17, 15) is 18.8 Å². The highest BCUT2D eigenvalue weighted by Crippen LogP contribution is 2.40. The number of rotatable bonds is 6. The number of benzene rings is 1. The van der Waals surface area contributed by atoms with Crippen LogP contribution in [0.1, 0.15) is 36.7 Å². The molecule has 2 aliphatic heterocycles. The van der Waals surface area contributed by atoms with E-state index < -0.39 is 21.6 Å². The van der Waals surface area contributed by atoms with E-state index >= 15 is 0 Å². The Kier molecular flexibility index (Phi) is 6.86. The minimum Gasteiger partial charge on any atom is -0.369 e. The average Bonchev–Trinajstić information content (AvgIpc) is 3.25. The van der Waals surface area contributed by atoms with Gasteiger partial charge >= 0.3 is 0 Å². The minimum absolute atomic E-state index is 0.220. The number of pyridine rings is 1. The van der Waals surface area contributed by atoms with Gasteiger partial charge < -0.3 is 20.6 Å². The number of aromatic nitrogens is 3. The zero-order valence-corrected chi connectivity index (χ0v) is 23.1. The fraction of sp³-hybridized carbons (Fsp3) is 0.320. The summed E-state index contributed by atoms with van der Waals surface area (Å²) in [6.45, 7) is 1.42. The van der Waals surface area contributed by atoms with Crippen LogP contribution in [0, 0.1) is 14.9 Å². The van der Waals surface area contributed by atoms with E-state index in [-0.39, 0.29) is 11.3 Å². The molecule has 1 unspecified atom stereocenters. The van der Waals surface area contributed by atoms with Gasteiger partial charge in [-0.25, -0.2) is 13.4 Å². The number of nitriles is 1. The number of piperidine rings is 1. The molecule has 192 valence electrons. The van der Waals surface area contributed by atoms with Crippen molar-refractivity contribution in [3.05, 3.63) is 63.6 Å². The summed E-state index contributed by atoms with van der Waals surface area (Å²) < 4.78 is 26.6. The maximum Gasteiger partial charge on any atom is 0.175 e. The lowest BCUT2D eigenvalue weighted by molar-refractivity contribution is 0.153. The number of aliphatic hydroxyl groups excluding tert-OH is 1. The number of hydrogen-bond donors (Lipinski definition) is 3. The van der Waals surface area contributed by atoms with Gasteiger partial charge in [0, 0.05) is 41.0 Å². The van der Waals surface area contributed by atoms with Gasteiger partial charge in [-0.05, 0) is 77.9 Å². The molecule has 0 amide bonds. The van der Waals surface area contributed by atoms with Gasteiger partial charge in [0.2, 0.25) is 0 Å². The van der Waals surface area contributed by atoms with E-state index in [0.717, 1.165) is 21.3 Å². The van der Waals surface area contributed by atoms with Crippen LogP contribution in [-0.4, -0.2) is 47.6 Å². The second-order valence-corrected chi connectivity index (χ2v) is 12.5. The van der Waals surface area contributed by atoms with Gasteiger partial charge in [-0.15, -0.1) is 0 Å². The lowest BCUT2D eigenvalue weighted by Crippen LogP contribution is -2.47. The lowest BCUT2D eigenvalue weighted by atomic mass is 9.84. The molecule has 0 saturated carbocycles. The Balaban J connectivity index is 1.48. The Morgan fingerprint density at radius 1 is 1.24 bits per heavy atom. The number of aliphatic hydroxyl groups is 1. The molecular formula is C25H26IN7O3S. The van der Waals surface area contributed by atoms with Crippen LogP contribution in [0.3, 0.4) is 0 Å². The number of nitrogens with zero attached hydrogens (tertiary/aromatic N) is 5. The molecule has 0 bridgehead atoms. The Morgan fingerprint density at radius 3 is 2.59 bits per heavy atom. The van der Waals surface area contributed by atoms with E-state index in [1.165, 1.54) is 12.1 Å². The number of hydrogen-bond acceptors (Lipinski definition) is 9. The van der Waals surface area contributed by atoms with Crippen molar-refractivity contribution in [3.63, 3.8) is 0 Å².